The molecule has 3 rings (SSSR count). The summed E-state index contributed by atoms with van der Waals surface area (Å²) >= 11 is 3.41. The molecular formula is C17H16BrN5. The maximum absolute atomic E-state index is 4.45. The van der Waals surface area contributed by atoms with Crippen molar-refractivity contribution in [1.82, 2.24) is 15.2 Å². The average Bonchev–Trinajstić information content (AvgIpc) is 2.58. The molecule has 0 saturated heterocycles. The Morgan fingerprint density at radius 3 is 2.57 bits per heavy atom. The molecule has 6 heteroatoms. The number of para-hydroxylation sites is 1. The highest BCUT2D eigenvalue weighted by atomic mass is 79.9. The van der Waals surface area contributed by atoms with Gasteiger partial charge in [0.25, 0.3) is 0 Å². The second-order valence-corrected chi connectivity index (χ2v) is 5.85. The predicted octanol–water partition coefficient (Wildman–Crippen LogP) is 4.68. The number of hydrogen-bond donors (Lipinski definition) is 2. The zero-order valence-electron chi connectivity index (χ0n) is 12.6. The van der Waals surface area contributed by atoms with Gasteiger partial charge in [0.2, 0.25) is 5.95 Å². The van der Waals surface area contributed by atoms with E-state index in [9.17, 15) is 0 Å². The largest absolute Gasteiger partial charge is 0.339 e. The molecule has 116 valence electrons. The van der Waals surface area contributed by atoms with Gasteiger partial charge in [0.15, 0.2) is 5.82 Å². The van der Waals surface area contributed by atoms with Crippen LogP contribution in [0.25, 0.3) is 0 Å². The summed E-state index contributed by atoms with van der Waals surface area (Å²) in [4.78, 5) is 4.45. The van der Waals surface area contributed by atoms with Crippen LogP contribution in [-0.4, -0.2) is 15.2 Å². The minimum absolute atomic E-state index is 0.450. The molecule has 2 aromatic carbocycles. The molecule has 5 nitrogen and oxygen atoms in total. The maximum Gasteiger partial charge on any atom is 0.249 e. The first-order valence-corrected chi connectivity index (χ1v) is 8.11. The molecule has 23 heavy (non-hydrogen) atoms. The molecule has 0 spiro atoms. The van der Waals surface area contributed by atoms with Crippen molar-refractivity contribution in [3.63, 3.8) is 0 Å². The second-order valence-electron chi connectivity index (χ2n) is 4.93. The molecule has 1 heterocycles. The molecule has 0 radical (unpaired) electrons. The molecule has 0 aliphatic heterocycles. The number of anilines is 4. The van der Waals surface area contributed by atoms with Crippen molar-refractivity contribution in [2.24, 2.45) is 0 Å². The molecule has 1 aromatic heterocycles. The summed E-state index contributed by atoms with van der Waals surface area (Å²) in [5.74, 6) is 1.10. The molecule has 0 fully saturated rings. The van der Waals surface area contributed by atoms with E-state index in [2.05, 4.69) is 54.7 Å². The van der Waals surface area contributed by atoms with Crippen LogP contribution >= 0.6 is 15.9 Å². The van der Waals surface area contributed by atoms with Crippen molar-refractivity contribution in [3.8, 4) is 0 Å². The molecule has 2 N–H and O–H groups in total. The topological polar surface area (TPSA) is 62.7 Å². The summed E-state index contributed by atoms with van der Waals surface area (Å²) in [5.41, 5.74) is 3.17. The lowest BCUT2D eigenvalue weighted by atomic mass is 10.1. The van der Waals surface area contributed by atoms with Gasteiger partial charge in [-0.1, -0.05) is 41.1 Å². The number of halogens is 1. The summed E-state index contributed by atoms with van der Waals surface area (Å²) in [5, 5.41) is 14.5. The zero-order valence-corrected chi connectivity index (χ0v) is 14.2. The lowest BCUT2D eigenvalue weighted by Gasteiger charge is -2.10. The van der Waals surface area contributed by atoms with Crippen LogP contribution in [0.15, 0.2) is 59.2 Å². The first kappa shape index (κ1) is 15.4. The number of aryl methyl sites for hydroxylation is 1. The molecule has 0 saturated carbocycles. The summed E-state index contributed by atoms with van der Waals surface area (Å²) in [6.45, 7) is 2.12. The monoisotopic (exact) mass is 369 g/mol. The molecule has 0 bridgehead atoms. The minimum Gasteiger partial charge on any atom is -0.339 e. The molecule has 0 atom stereocenters. The van der Waals surface area contributed by atoms with Crippen molar-refractivity contribution in [3.05, 3.63) is 64.8 Å². The molecule has 0 aliphatic carbocycles. The van der Waals surface area contributed by atoms with E-state index in [0.717, 1.165) is 22.3 Å². The molecular weight excluding hydrogens is 354 g/mol. The van der Waals surface area contributed by atoms with Gasteiger partial charge >= 0.3 is 0 Å². The number of rotatable bonds is 5. The van der Waals surface area contributed by atoms with Crippen molar-refractivity contribution in [2.45, 2.75) is 13.3 Å². The van der Waals surface area contributed by atoms with Gasteiger partial charge in [-0.3, -0.25) is 0 Å². The average molecular weight is 370 g/mol. The van der Waals surface area contributed by atoms with Crippen LogP contribution in [0.5, 0.6) is 0 Å². The van der Waals surface area contributed by atoms with Gasteiger partial charge in [0, 0.05) is 15.8 Å². The summed E-state index contributed by atoms with van der Waals surface area (Å²) < 4.78 is 1.02. The van der Waals surface area contributed by atoms with Gasteiger partial charge in [0.1, 0.15) is 0 Å². The third kappa shape index (κ3) is 4.04. The van der Waals surface area contributed by atoms with Crippen LogP contribution in [0, 0.1) is 0 Å². The van der Waals surface area contributed by atoms with Gasteiger partial charge in [-0.2, -0.15) is 10.1 Å². The standard InChI is InChI=1S/C17H16BrN5/c1-2-12-5-3-4-6-15(12)21-16-11-19-23-17(22-16)20-14-9-7-13(18)8-10-14/h3-11H,2H2,1H3,(H2,20,21,22,23). The Bertz CT molecular complexity index is 789. The van der Waals surface area contributed by atoms with E-state index >= 15 is 0 Å². The van der Waals surface area contributed by atoms with E-state index in [0.29, 0.717) is 11.8 Å². The van der Waals surface area contributed by atoms with E-state index in [1.807, 2.05) is 42.5 Å². The first-order valence-electron chi connectivity index (χ1n) is 7.32. The van der Waals surface area contributed by atoms with E-state index in [1.165, 1.54) is 5.56 Å². The number of benzene rings is 2. The number of nitrogens with zero attached hydrogens (tertiary/aromatic N) is 3. The summed E-state index contributed by atoms with van der Waals surface area (Å²) in [7, 11) is 0. The minimum atomic E-state index is 0.450. The lowest BCUT2D eigenvalue weighted by molar-refractivity contribution is 0.981. The molecule has 0 amide bonds. The lowest BCUT2D eigenvalue weighted by Crippen LogP contribution is -2.03. The third-order valence-electron chi connectivity index (χ3n) is 3.32. The van der Waals surface area contributed by atoms with Gasteiger partial charge in [-0.25, -0.2) is 0 Å². The van der Waals surface area contributed by atoms with Crippen LogP contribution in [-0.2, 0) is 6.42 Å². The fourth-order valence-corrected chi connectivity index (χ4v) is 2.43. The van der Waals surface area contributed by atoms with Crippen LogP contribution in [0.4, 0.5) is 23.1 Å². The van der Waals surface area contributed by atoms with Gasteiger partial charge < -0.3 is 10.6 Å². The Morgan fingerprint density at radius 2 is 1.78 bits per heavy atom. The Morgan fingerprint density at radius 1 is 1.00 bits per heavy atom. The highest BCUT2D eigenvalue weighted by Crippen LogP contribution is 2.21. The highest BCUT2D eigenvalue weighted by Gasteiger charge is 2.04. The molecule has 0 aliphatic rings. The van der Waals surface area contributed by atoms with Gasteiger partial charge in [-0.15, -0.1) is 5.10 Å². The SMILES string of the molecule is CCc1ccccc1Nc1cnnc(Nc2ccc(Br)cc2)n1. The van der Waals surface area contributed by atoms with E-state index in [1.54, 1.807) is 6.20 Å². The second kappa shape index (κ2) is 7.19. The van der Waals surface area contributed by atoms with Crippen LogP contribution < -0.4 is 10.6 Å². The predicted molar refractivity (Wildman–Crippen MR) is 96.4 cm³/mol. The van der Waals surface area contributed by atoms with E-state index < -0.39 is 0 Å². The fourth-order valence-electron chi connectivity index (χ4n) is 2.17. The third-order valence-corrected chi connectivity index (χ3v) is 3.85. The molecule has 0 unspecified atom stereocenters. The summed E-state index contributed by atoms with van der Waals surface area (Å²) in [6.07, 6.45) is 2.56. The van der Waals surface area contributed by atoms with Crippen LogP contribution in [0.1, 0.15) is 12.5 Å². The Labute approximate surface area is 143 Å². The van der Waals surface area contributed by atoms with E-state index in [-0.39, 0.29) is 0 Å². The highest BCUT2D eigenvalue weighted by molar-refractivity contribution is 9.10. The van der Waals surface area contributed by atoms with E-state index in [4.69, 9.17) is 0 Å². The number of aromatic nitrogens is 3. The summed E-state index contributed by atoms with van der Waals surface area (Å²) in [6, 6.07) is 15.9. The van der Waals surface area contributed by atoms with Crippen molar-refractivity contribution >= 4 is 39.1 Å². The Kier molecular flexibility index (Phi) is 4.83. The van der Waals surface area contributed by atoms with Gasteiger partial charge in [0.05, 0.1) is 6.20 Å². The Hall–Kier alpha value is -2.47. The van der Waals surface area contributed by atoms with Crippen molar-refractivity contribution in [1.29, 1.82) is 0 Å². The van der Waals surface area contributed by atoms with Crippen LogP contribution in [0.2, 0.25) is 0 Å². The molecule has 3 aromatic rings. The number of hydrogen-bond acceptors (Lipinski definition) is 5. The number of nitrogens with one attached hydrogen (secondary N) is 2. The smallest absolute Gasteiger partial charge is 0.249 e. The van der Waals surface area contributed by atoms with Crippen LogP contribution in [0.3, 0.4) is 0 Å². The van der Waals surface area contributed by atoms with Gasteiger partial charge in [-0.05, 0) is 42.3 Å². The maximum atomic E-state index is 4.45. The van der Waals surface area contributed by atoms with Crippen molar-refractivity contribution in [2.75, 3.05) is 10.6 Å². The Balaban J connectivity index is 1.78. The normalized spacial score (nSPS) is 10.3. The zero-order chi connectivity index (χ0) is 16.1. The fraction of sp³-hybridized carbons (Fsp3) is 0.118. The quantitative estimate of drug-likeness (QED) is 0.683. The first-order chi connectivity index (χ1) is 11.2. The van der Waals surface area contributed by atoms with Crippen molar-refractivity contribution < 1.29 is 0 Å².